The molecule has 0 saturated carbocycles. The van der Waals surface area contributed by atoms with Crippen LogP contribution in [0.15, 0.2) is 29.2 Å². The molecule has 0 heterocycles. The Morgan fingerprint density at radius 1 is 1.43 bits per heavy atom. The zero-order chi connectivity index (χ0) is 15.9. The van der Waals surface area contributed by atoms with Gasteiger partial charge in [0.2, 0.25) is 5.91 Å². The van der Waals surface area contributed by atoms with Crippen molar-refractivity contribution in [3.63, 3.8) is 0 Å². The standard InChI is InChI=1S/C14H18N2O4S/c1-16(9-4-8-15)14(17)7-10-20-12-5-3-6-13(11-12)21(2,18)19/h3,5-6,11H,4,7,9-10H2,1-2H3. The molecular weight excluding hydrogens is 292 g/mol. The van der Waals surface area contributed by atoms with Crippen LogP contribution in [0.25, 0.3) is 0 Å². The van der Waals surface area contributed by atoms with Gasteiger partial charge in [0.25, 0.3) is 0 Å². The Kier molecular flexibility index (Phi) is 6.18. The summed E-state index contributed by atoms with van der Waals surface area (Å²) in [4.78, 5) is 13.4. The number of benzene rings is 1. The summed E-state index contributed by atoms with van der Waals surface area (Å²) in [6.07, 6.45) is 1.59. The van der Waals surface area contributed by atoms with E-state index < -0.39 is 9.84 Å². The smallest absolute Gasteiger partial charge is 0.225 e. The Bertz CT molecular complexity index is 635. The van der Waals surface area contributed by atoms with E-state index in [1.54, 1.807) is 19.2 Å². The third-order valence-electron chi connectivity index (χ3n) is 2.80. The van der Waals surface area contributed by atoms with Crippen LogP contribution in [0.2, 0.25) is 0 Å². The fourth-order valence-corrected chi connectivity index (χ4v) is 2.24. The molecule has 0 fully saturated rings. The van der Waals surface area contributed by atoms with Gasteiger partial charge in [0, 0.05) is 19.8 Å². The van der Waals surface area contributed by atoms with Crippen LogP contribution in [-0.4, -0.2) is 45.7 Å². The van der Waals surface area contributed by atoms with E-state index in [1.165, 1.54) is 17.0 Å². The van der Waals surface area contributed by atoms with Gasteiger partial charge in [-0.15, -0.1) is 0 Å². The molecule has 1 aromatic carbocycles. The largest absolute Gasteiger partial charge is 0.493 e. The Labute approximate surface area is 124 Å². The molecule has 0 aliphatic heterocycles. The summed E-state index contributed by atoms with van der Waals surface area (Å²) in [7, 11) is -1.65. The highest BCUT2D eigenvalue weighted by Gasteiger charge is 2.10. The molecule has 0 bridgehead atoms. The first-order valence-electron chi connectivity index (χ1n) is 6.38. The normalized spacial score (nSPS) is 10.7. The van der Waals surface area contributed by atoms with Crippen molar-refractivity contribution in [1.82, 2.24) is 4.90 Å². The Morgan fingerprint density at radius 3 is 2.76 bits per heavy atom. The Morgan fingerprint density at radius 2 is 2.14 bits per heavy atom. The molecule has 0 unspecified atom stereocenters. The SMILES string of the molecule is CN(CCC#N)C(=O)CCOc1cccc(S(C)(=O)=O)c1. The van der Waals surface area contributed by atoms with Crippen molar-refractivity contribution in [2.45, 2.75) is 17.7 Å². The minimum atomic E-state index is -3.28. The first-order chi connectivity index (χ1) is 9.84. The lowest BCUT2D eigenvalue weighted by Gasteiger charge is -2.15. The first kappa shape index (κ1) is 17.0. The maximum Gasteiger partial charge on any atom is 0.225 e. The van der Waals surface area contributed by atoms with Gasteiger partial charge in [-0.05, 0) is 18.2 Å². The lowest BCUT2D eigenvalue weighted by molar-refractivity contribution is -0.130. The van der Waals surface area contributed by atoms with E-state index in [4.69, 9.17) is 10.00 Å². The molecule has 1 aromatic rings. The minimum Gasteiger partial charge on any atom is -0.493 e. The second kappa shape index (κ2) is 7.64. The van der Waals surface area contributed by atoms with Crippen molar-refractivity contribution >= 4 is 15.7 Å². The number of carbonyl (C=O) groups is 1. The summed E-state index contributed by atoms with van der Waals surface area (Å²) in [5.74, 6) is 0.287. The molecule has 0 aliphatic rings. The Balaban J connectivity index is 2.50. The highest BCUT2D eigenvalue weighted by Crippen LogP contribution is 2.17. The van der Waals surface area contributed by atoms with Crippen LogP contribution in [0.1, 0.15) is 12.8 Å². The van der Waals surface area contributed by atoms with E-state index in [0.29, 0.717) is 18.7 Å². The van der Waals surface area contributed by atoms with Crippen molar-refractivity contribution in [3.8, 4) is 11.8 Å². The minimum absolute atomic E-state index is 0.121. The van der Waals surface area contributed by atoms with Crippen LogP contribution >= 0.6 is 0 Å². The number of amides is 1. The average molecular weight is 310 g/mol. The van der Waals surface area contributed by atoms with Gasteiger partial charge < -0.3 is 9.64 Å². The predicted octanol–water partition coefficient (Wildman–Crippen LogP) is 1.23. The van der Waals surface area contributed by atoms with Gasteiger partial charge in [-0.3, -0.25) is 4.79 Å². The van der Waals surface area contributed by atoms with Crippen LogP contribution in [-0.2, 0) is 14.6 Å². The van der Waals surface area contributed by atoms with Crippen molar-refractivity contribution in [3.05, 3.63) is 24.3 Å². The summed E-state index contributed by atoms with van der Waals surface area (Å²) in [5, 5.41) is 8.45. The van der Waals surface area contributed by atoms with Crippen LogP contribution < -0.4 is 4.74 Å². The third-order valence-corrected chi connectivity index (χ3v) is 3.91. The maximum atomic E-state index is 11.7. The fourth-order valence-electron chi connectivity index (χ4n) is 1.58. The molecular formula is C14H18N2O4S. The number of nitrogens with zero attached hydrogens (tertiary/aromatic N) is 2. The lowest BCUT2D eigenvalue weighted by atomic mass is 10.3. The van der Waals surface area contributed by atoms with E-state index in [0.717, 1.165) is 6.26 Å². The molecule has 0 spiro atoms. The van der Waals surface area contributed by atoms with Gasteiger partial charge >= 0.3 is 0 Å². The number of nitriles is 1. The zero-order valence-electron chi connectivity index (χ0n) is 12.1. The second-order valence-electron chi connectivity index (χ2n) is 4.57. The summed E-state index contributed by atoms with van der Waals surface area (Å²) < 4.78 is 28.2. The quantitative estimate of drug-likeness (QED) is 0.756. The van der Waals surface area contributed by atoms with Gasteiger partial charge in [0.1, 0.15) is 5.75 Å². The molecule has 1 amide bonds. The topological polar surface area (TPSA) is 87.5 Å². The van der Waals surface area contributed by atoms with Crippen LogP contribution in [0.3, 0.4) is 0 Å². The summed E-state index contributed by atoms with van der Waals surface area (Å²) in [6, 6.07) is 8.12. The van der Waals surface area contributed by atoms with Gasteiger partial charge in [-0.2, -0.15) is 5.26 Å². The lowest BCUT2D eigenvalue weighted by Crippen LogP contribution is -2.28. The molecule has 0 radical (unpaired) electrons. The van der Waals surface area contributed by atoms with E-state index in [2.05, 4.69) is 0 Å². The zero-order valence-corrected chi connectivity index (χ0v) is 12.9. The van der Waals surface area contributed by atoms with Crippen molar-refractivity contribution in [2.24, 2.45) is 0 Å². The monoisotopic (exact) mass is 310 g/mol. The summed E-state index contributed by atoms with van der Waals surface area (Å²) in [5.41, 5.74) is 0. The summed E-state index contributed by atoms with van der Waals surface area (Å²) >= 11 is 0. The highest BCUT2D eigenvalue weighted by molar-refractivity contribution is 7.90. The molecule has 0 saturated heterocycles. The summed E-state index contributed by atoms with van der Waals surface area (Å²) in [6.45, 7) is 0.543. The second-order valence-corrected chi connectivity index (χ2v) is 6.58. The van der Waals surface area contributed by atoms with Crippen LogP contribution in [0.5, 0.6) is 5.75 Å². The first-order valence-corrected chi connectivity index (χ1v) is 8.27. The molecule has 0 aromatic heterocycles. The number of ether oxygens (including phenoxy) is 1. The van der Waals surface area contributed by atoms with Crippen molar-refractivity contribution < 1.29 is 17.9 Å². The van der Waals surface area contributed by atoms with Crippen molar-refractivity contribution in [1.29, 1.82) is 5.26 Å². The van der Waals surface area contributed by atoms with E-state index >= 15 is 0 Å². The third kappa shape index (κ3) is 5.83. The molecule has 1 rings (SSSR count). The van der Waals surface area contributed by atoms with E-state index in [9.17, 15) is 13.2 Å². The van der Waals surface area contributed by atoms with Crippen LogP contribution in [0, 0.1) is 11.3 Å². The van der Waals surface area contributed by atoms with Crippen LogP contribution in [0.4, 0.5) is 0 Å². The molecule has 0 aliphatic carbocycles. The number of hydrogen-bond acceptors (Lipinski definition) is 5. The molecule has 0 N–H and O–H groups in total. The number of rotatable bonds is 7. The van der Waals surface area contributed by atoms with E-state index in [1.807, 2.05) is 6.07 Å². The number of hydrogen-bond donors (Lipinski definition) is 0. The molecule has 6 nitrogen and oxygen atoms in total. The van der Waals surface area contributed by atoms with E-state index in [-0.39, 0.29) is 23.8 Å². The van der Waals surface area contributed by atoms with Crippen molar-refractivity contribution in [2.75, 3.05) is 26.5 Å². The van der Waals surface area contributed by atoms with Gasteiger partial charge in [0.15, 0.2) is 9.84 Å². The molecule has 21 heavy (non-hydrogen) atoms. The fraction of sp³-hybridized carbons (Fsp3) is 0.429. The highest BCUT2D eigenvalue weighted by atomic mass is 32.2. The number of sulfone groups is 1. The van der Waals surface area contributed by atoms with Gasteiger partial charge in [-0.1, -0.05) is 6.07 Å². The maximum absolute atomic E-state index is 11.7. The number of carbonyl (C=O) groups excluding carboxylic acids is 1. The van der Waals surface area contributed by atoms with Gasteiger partial charge in [0.05, 0.1) is 30.4 Å². The predicted molar refractivity (Wildman–Crippen MR) is 77.5 cm³/mol. The molecule has 114 valence electrons. The Hall–Kier alpha value is -2.07. The molecule has 7 heteroatoms. The molecule has 0 atom stereocenters. The van der Waals surface area contributed by atoms with Gasteiger partial charge in [-0.25, -0.2) is 8.42 Å². The average Bonchev–Trinajstić information content (AvgIpc) is 2.44.